The number of halogens is 3. The minimum Gasteiger partial charge on any atom is -0.294 e. The number of nitro benzene ring substituents is 1. The number of rotatable bonds is 6. The second-order valence-electron chi connectivity index (χ2n) is 4.91. The summed E-state index contributed by atoms with van der Waals surface area (Å²) in [6, 6.07) is 10.5. The molecule has 2 aromatic rings. The summed E-state index contributed by atoms with van der Waals surface area (Å²) in [4.78, 5) is 22.1. The van der Waals surface area contributed by atoms with Crippen LogP contribution in [0.5, 0.6) is 0 Å². The fourth-order valence-electron chi connectivity index (χ4n) is 2.07. The molecule has 0 atom stereocenters. The van der Waals surface area contributed by atoms with Crippen molar-refractivity contribution in [3.8, 4) is 0 Å². The summed E-state index contributed by atoms with van der Waals surface area (Å²) in [5.74, 6) is -3.82. The van der Waals surface area contributed by atoms with Gasteiger partial charge < -0.3 is 0 Å². The molecule has 0 saturated heterocycles. The van der Waals surface area contributed by atoms with Gasteiger partial charge in [-0.25, -0.2) is 8.78 Å². The van der Waals surface area contributed by atoms with Crippen LogP contribution in [0, 0.1) is 10.1 Å². The van der Waals surface area contributed by atoms with Gasteiger partial charge in [0.1, 0.15) is 0 Å². The highest BCUT2D eigenvalue weighted by Crippen LogP contribution is 2.34. The van der Waals surface area contributed by atoms with Crippen LogP contribution in [-0.4, -0.2) is 10.7 Å². The van der Waals surface area contributed by atoms with Crippen LogP contribution in [0.4, 0.5) is 14.5 Å². The van der Waals surface area contributed by atoms with E-state index in [1.165, 1.54) is 30.3 Å². The van der Waals surface area contributed by atoms with E-state index in [9.17, 15) is 23.7 Å². The topological polar surface area (TPSA) is 60.2 Å². The number of carbonyl (C=O) groups excluding carboxylic acids is 1. The van der Waals surface area contributed by atoms with Crippen LogP contribution in [0.25, 0.3) is 0 Å². The molecule has 2 rings (SSSR count). The predicted molar refractivity (Wildman–Crippen MR) is 82.0 cm³/mol. The molecule has 0 unspecified atom stereocenters. The second-order valence-corrected chi connectivity index (χ2v) is 5.32. The van der Waals surface area contributed by atoms with Gasteiger partial charge in [0.05, 0.1) is 9.95 Å². The van der Waals surface area contributed by atoms with Crippen molar-refractivity contribution < 1.29 is 18.5 Å². The largest absolute Gasteiger partial charge is 0.294 e. The molecule has 0 amide bonds. The molecule has 120 valence electrons. The number of nitro groups is 1. The van der Waals surface area contributed by atoms with E-state index in [0.717, 1.165) is 12.1 Å². The van der Waals surface area contributed by atoms with E-state index in [1.807, 2.05) is 0 Å². The Morgan fingerprint density at radius 2 is 1.83 bits per heavy atom. The van der Waals surface area contributed by atoms with Crippen molar-refractivity contribution in [2.24, 2.45) is 0 Å². The van der Waals surface area contributed by atoms with Crippen LogP contribution in [0.1, 0.15) is 28.8 Å². The molecule has 0 spiro atoms. The summed E-state index contributed by atoms with van der Waals surface area (Å²) in [6.45, 7) is 0. The zero-order chi connectivity index (χ0) is 17.0. The lowest BCUT2D eigenvalue weighted by Gasteiger charge is -2.16. The van der Waals surface area contributed by atoms with Crippen molar-refractivity contribution in [3.63, 3.8) is 0 Å². The van der Waals surface area contributed by atoms with E-state index in [-0.39, 0.29) is 21.8 Å². The zero-order valence-electron chi connectivity index (χ0n) is 11.8. The summed E-state index contributed by atoms with van der Waals surface area (Å²) >= 11 is 5.83. The fourth-order valence-corrected chi connectivity index (χ4v) is 2.29. The van der Waals surface area contributed by atoms with E-state index in [0.29, 0.717) is 0 Å². The summed E-state index contributed by atoms with van der Waals surface area (Å²) in [6.07, 6.45) is -1.17. The van der Waals surface area contributed by atoms with Crippen LogP contribution in [0.2, 0.25) is 5.02 Å². The number of non-ortho nitro benzene ring substituents is 1. The maximum Gasteiger partial charge on any atom is 0.273 e. The minimum absolute atomic E-state index is 0.00336. The average molecular weight is 340 g/mol. The van der Waals surface area contributed by atoms with Gasteiger partial charge in [-0.2, -0.15) is 0 Å². The zero-order valence-corrected chi connectivity index (χ0v) is 12.6. The van der Waals surface area contributed by atoms with Crippen LogP contribution in [0.15, 0.2) is 48.5 Å². The molecule has 0 saturated carbocycles. The van der Waals surface area contributed by atoms with Crippen LogP contribution >= 0.6 is 11.6 Å². The molecule has 0 bridgehead atoms. The molecule has 0 fully saturated rings. The summed E-state index contributed by atoms with van der Waals surface area (Å²) in [7, 11) is 0. The summed E-state index contributed by atoms with van der Waals surface area (Å²) in [5.41, 5.74) is -0.616. The van der Waals surface area contributed by atoms with Crippen molar-refractivity contribution >= 4 is 23.1 Å². The van der Waals surface area contributed by atoms with Crippen molar-refractivity contribution in [3.05, 3.63) is 74.8 Å². The Morgan fingerprint density at radius 1 is 1.17 bits per heavy atom. The van der Waals surface area contributed by atoms with Gasteiger partial charge in [-0.1, -0.05) is 41.9 Å². The average Bonchev–Trinajstić information content (AvgIpc) is 2.53. The number of nitrogens with zero attached hydrogens (tertiary/aromatic N) is 1. The molecule has 2 aromatic carbocycles. The van der Waals surface area contributed by atoms with E-state index in [4.69, 9.17) is 11.6 Å². The molecule has 0 aliphatic carbocycles. The van der Waals surface area contributed by atoms with E-state index in [2.05, 4.69) is 0 Å². The highest BCUT2D eigenvalue weighted by molar-refractivity contribution is 6.34. The first-order chi connectivity index (χ1) is 10.8. The Hall–Kier alpha value is -2.34. The number of hydrogen-bond donors (Lipinski definition) is 0. The molecule has 0 aliphatic rings. The number of alkyl halides is 2. The molecule has 0 heterocycles. The smallest absolute Gasteiger partial charge is 0.273 e. The van der Waals surface area contributed by atoms with Gasteiger partial charge in [0.2, 0.25) is 0 Å². The Bertz CT molecular complexity index is 735. The van der Waals surface area contributed by atoms with Crippen LogP contribution in [-0.2, 0) is 5.92 Å². The quantitative estimate of drug-likeness (QED) is 0.422. The Labute approximate surface area is 135 Å². The van der Waals surface area contributed by atoms with Gasteiger partial charge in [0.25, 0.3) is 11.6 Å². The third kappa shape index (κ3) is 4.10. The number of hydrogen-bond acceptors (Lipinski definition) is 3. The molecule has 0 aliphatic heterocycles. The number of benzene rings is 2. The standard InChI is InChI=1S/C16H12ClF2NO3/c17-14-7-6-12(20(22)23)10-13(14)15(21)8-9-16(18,19)11-4-2-1-3-5-11/h1-7,10H,8-9H2. The van der Waals surface area contributed by atoms with Gasteiger partial charge >= 0.3 is 0 Å². The van der Waals surface area contributed by atoms with Crippen LogP contribution in [0.3, 0.4) is 0 Å². The number of carbonyl (C=O) groups is 1. The fraction of sp³-hybridized carbons (Fsp3) is 0.188. The molecule has 0 N–H and O–H groups in total. The number of Topliss-reactive ketones (excluding diaryl/α,β-unsaturated/α-hetero) is 1. The van der Waals surface area contributed by atoms with Crippen molar-refractivity contribution in [1.29, 1.82) is 0 Å². The highest BCUT2D eigenvalue weighted by Gasteiger charge is 2.32. The van der Waals surface area contributed by atoms with Gasteiger partial charge in [-0.05, 0) is 6.07 Å². The normalized spacial score (nSPS) is 11.3. The summed E-state index contributed by atoms with van der Waals surface area (Å²) < 4.78 is 28.1. The number of ketones is 1. The van der Waals surface area contributed by atoms with Crippen molar-refractivity contribution in [2.75, 3.05) is 0 Å². The van der Waals surface area contributed by atoms with Crippen molar-refractivity contribution in [2.45, 2.75) is 18.8 Å². The first-order valence-electron chi connectivity index (χ1n) is 6.72. The van der Waals surface area contributed by atoms with Gasteiger partial charge in [-0.3, -0.25) is 14.9 Å². The SMILES string of the molecule is O=C(CCC(F)(F)c1ccccc1)c1cc([N+](=O)[O-])ccc1Cl. The van der Waals surface area contributed by atoms with E-state index >= 15 is 0 Å². The first kappa shape index (κ1) is 17.0. The minimum atomic E-state index is -3.16. The highest BCUT2D eigenvalue weighted by atomic mass is 35.5. The molecular formula is C16H12ClF2NO3. The van der Waals surface area contributed by atoms with Gasteiger partial charge in [0.15, 0.2) is 5.78 Å². The lowest BCUT2D eigenvalue weighted by Crippen LogP contribution is -2.15. The lowest BCUT2D eigenvalue weighted by molar-refractivity contribution is -0.384. The molecule has 23 heavy (non-hydrogen) atoms. The Balaban J connectivity index is 2.14. The van der Waals surface area contributed by atoms with E-state index < -0.39 is 29.5 Å². The molecule has 7 heteroatoms. The van der Waals surface area contributed by atoms with Gasteiger partial charge in [0, 0.05) is 36.1 Å². The lowest BCUT2D eigenvalue weighted by atomic mass is 9.99. The Kier molecular flexibility index (Phi) is 5.05. The third-order valence-corrected chi connectivity index (χ3v) is 3.65. The molecule has 0 radical (unpaired) electrons. The monoisotopic (exact) mass is 339 g/mol. The maximum atomic E-state index is 14.0. The Morgan fingerprint density at radius 3 is 2.43 bits per heavy atom. The third-order valence-electron chi connectivity index (χ3n) is 3.32. The van der Waals surface area contributed by atoms with Gasteiger partial charge in [-0.15, -0.1) is 0 Å². The molecular weight excluding hydrogens is 328 g/mol. The predicted octanol–water partition coefficient (Wildman–Crippen LogP) is 5.00. The van der Waals surface area contributed by atoms with Crippen LogP contribution < -0.4 is 0 Å². The molecule has 4 nitrogen and oxygen atoms in total. The second kappa shape index (κ2) is 6.83. The van der Waals surface area contributed by atoms with E-state index in [1.54, 1.807) is 6.07 Å². The first-order valence-corrected chi connectivity index (χ1v) is 7.09. The maximum absolute atomic E-state index is 14.0. The summed E-state index contributed by atoms with van der Waals surface area (Å²) in [5, 5.41) is 10.7. The molecule has 0 aromatic heterocycles. The van der Waals surface area contributed by atoms with Crippen molar-refractivity contribution in [1.82, 2.24) is 0 Å².